The van der Waals surface area contributed by atoms with Crippen molar-refractivity contribution in [2.45, 2.75) is 77.5 Å². The first kappa shape index (κ1) is 29.0. The monoisotopic (exact) mass is 583 g/mol. The van der Waals surface area contributed by atoms with Gasteiger partial charge in [0, 0.05) is 24.2 Å². The predicted octanol–water partition coefficient (Wildman–Crippen LogP) is 7.02. The van der Waals surface area contributed by atoms with Crippen LogP contribution < -0.4 is 9.64 Å². The number of carbonyl (C=O) groups excluding carboxylic acids is 1. The molecule has 43 heavy (non-hydrogen) atoms. The van der Waals surface area contributed by atoms with Crippen LogP contribution in [0.5, 0.6) is 5.75 Å². The first-order valence-corrected chi connectivity index (χ1v) is 15.4. The number of aryl methyl sites for hydroxylation is 2. The number of nitrogens with zero attached hydrogens (tertiary/aromatic N) is 3. The summed E-state index contributed by atoms with van der Waals surface area (Å²) in [6, 6.07) is 16.6. The summed E-state index contributed by atoms with van der Waals surface area (Å²) in [7, 11) is 1.67. The number of rotatable bonds is 8. The van der Waals surface area contributed by atoms with Gasteiger partial charge in [-0.15, -0.1) is 0 Å². The average Bonchev–Trinajstić information content (AvgIpc) is 3.24. The van der Waals surface area contributed by atoms with Crippen LogP contribution in [0.25, 0.3) is 11.1 Å². The largest absolute Gasteiger partial charge is 0.496 e. The topological polar surface area (TPSA) is 92.2 Å². The SMILES string of the molecule is COc1ccc(C2CCC(C(=O)O)CC2)cc1-c1ccc(N2CCC2)nc1CN1C(=O)OC(c2cc(C)cc(C)c2)C1C. The molecule has 3 heterocycles. The van der Waals surface area contributed by atoms with Crippen molar-refractivity contribution >= 4 is 17.9 Å². The standard InChI is InChI=1S/C35H41N3O5/c1-21-16-22(2)18-27(17-21)33-23(3)38(35(41)43-33)20-30-28(11-13-32(36-30)37-14-5-15-37)29-19-26(10-12-31(29)42-4)24-6-8-25(9-7-24)34(39)40/h10-13,16-19,23-25,33H,5-9,14-15,20H2,1-4H3,(H,39,40). The Morgan fingerprint density at radius 2 is 1.70 bits per heavy atom. The van der Waals surface area contributed by atoms with E-state index in [1.54, 1.807) is 12.0 Å². The lowest BCUT2D eigenvalue weighted by atomic mass is 9.78. The van der Waals surface area contributed by atoms with Gasteiger partial charge in [-0.05, 0) is 94.2 Å². The zero-order valence-electron chi connectivity index (χ0n) is 25.5. The number of ether oxygens (including phenoxy) is 2. The highest BCUT2D eigenvalue weighted by atomic mass is 16.6. The molecule has 1 amide bonds. The van der Waals surface area contributed by atoms with Gasteiger partial charge in [-0.1, -0.05) is 35.4 Å². The van der Waals surface area contributed by atoms with E-state index in [4.69, 9.17) is 14.5 Å². The molecule has 6 rings (SSSR count). The van der Waals surface area contributed by atoms with Gasteiger partial charge in [0.1, 0.15) is 17.7 Å². The quantitative estimate of drug-likeness (QED) is 0.305. The first-order valence-electron chi connectivity index (χ1n) is 15.4. The smallest absolute Gasteiger partial charge is 0.411 e. The van der Waals surface area contributed by atoms with Gasteiger partial charge in [-0.2, -0.15) is 0 Å². The number of carboxylic acid groups (broad SMARTS) is 1. The van der Waals surface area contributed by atoms with Crippen LogP contribution in [0.15, 0.2) is 48.5 Å². The second-order valence-corrected chi connectivity index (χ2v) is 12.4. The molecule has 0 radical (unpaired) electrons. The summed E-state index contributed by atoms with van der Waals surface area (Å²) in [5, 5.41) is 9.47. The molecule has 3 aromatic rings. The van der Waals surface area contributed by atoms with Crippen LogP contribution in [0.3, 0.4) is 0 Å². The normalized spacial score (nSPS) is 23.6. The minimum Gasteiger partial charge on any atom is -0.496 e. The third-order valence-electron chi connectivity index (χ3n) is 9.49. The van der Waals surface area contributed by atoms with E-state index >= 15 is 0 Å². The molecule has 2 saturated heterocycles. The number of methoxy groups -OCH3 is 1. The molecule has 8 heteroatoms. The predicted molar refractivity (Wildman–Crippen MR) is 166 cm³/mol. The van der Waals surface area contributed by atoms with E-state index < -0.39 is 5.97 Å². The van der Waals surface area contributed by atoms with Crippen molar-refractivity contribution < 1.29 is 24.2 Å². The average molecular weight is 584 g/mol. The van der Waals surface area contributed by atoms with Crippen LogP contribution in [0.4, 0.5) is 10.6 Å². The molecule has 2 aliphatic heterocycles. The fraction of sp³-hybridized carbons (Fsp3) is 0.457. The van der Waals surface area contributed by atoms with Gasteiger partial charge in [0.2, 0.25) is 0 Å². The maximum absolute atomic E-state index is 13.3. The van der Waals surface area contributed by atoms with Crippen molar-refractivity contribution in [3.63, 3.8) is 0 Å². The Balaban J connectivity index is 1.34. The van der Waals surface area contributed by atoms with Gasteiger partial charge in [0.05, 0.1) is 31.3 Å². The van der Waals surface area contributed by atoms with Crippen LogP contribution in [0.1, 0.15) is 79.0 Å². The molecule has 3 fully saturated rings. The Kier molecular flexibility index (Phi) is 8.03. The van der Waals surface area contributed by atoms with E-state index in [0.717, 1.165) is 77.4 Å². The number of aromatic nitrogens is 1. The molecule has 2 atom stereocenters. The van der Waals surface area contributed by atoms with Gasteiger partial charge in [-0.3, -0.25) is 9.69 Å². The first-order chi connectivity index (χ1) is 20.7. The van der Waals surface area contributed by atoms with Gasteiger partial charge >= 0.3 is 12.1 Å². The molecular formula is C35H41N3O5. The van der Waals surface area contributed by atoms with Crippen LogP contribution >= 0.6 is 0 Å². The number of benzene rings is 2. The van der Waals surface area contributed by atoms with Crippen LogP contribution in [-0.2, 0) is 16.1 Å². The van der Waals surface area contributed by atoms with E-state index in [1.165, 1.54) is 5.56 Å². The number of hydrogen-bond donors (Lipinski definition) is 1. The van der Waals surface area contributed by atoms with E-state index in [2.05, 4.69) is 61.2 Å². The third kappa shape index (κ3) is 5.79. The second-order valence-electron chi connectivity index (χ2n) is 12.4. The van der Waals surface area contributed by atoms with Gasteiger partial charge in [-0.25, -0.2) is 9.78 Å². The molecule has 1 aliphatic carbocycles. The molecule has 0 bridgehead atoms. The lowest BCUT2D eigenvalue weighted by Crippen LogP contribution is -2.38. The number of amides is 1. The Hall–Kier alpha value is -4.07. The molecular weight excluding hydrogens is 542 g/mol. The number of carboxylic acids is 1. The minimum absolute atomic E-state index is 0.173. The Bertz CT molecular complexity index is 1510. The molecule has 3 aliphatic rings. The van der Waals surface area contributed by atoms with Crippen LogP contribution in [0, 0.1) is 19.8 Å². The van der Waals surface area contributed by atoms with Crippen molar-refractivity contribution in [2.75, 3.05) is 25.1 Å². The maximum atomic E-state index is 13.3. The fourth-order valence-corrected chi connectivity index (χ4v) is 6.94. The fourth-order valence-electron chi connectivity index (χ4n) is 6.94. The lowest BCUT2D eigenvalue weighted by Gasteiger charge is -2.33. The molecule has 2 unspecified atom stereocenters. The van der Waals surface area contributed by atoms with Crippen molar-refractivity contribution in [2.24, 2.45) is 5.92 Å². The van der Waals surface area contributed by atoms with Crippen molar-refractivity contribution in [3.05, 3.63) is 76.5 Å². The summed E-state index contributed by atoms with van der Waals surface area (Å²) >= 11 is 0. The highest BCUT2D eigenvalue weighted by molar-refractivity contribution is 5.76. The summed E-state index contributed by atoms with van der Waals surface area (Å²) in [6.45, 7) is 8.43. The molecule has 1 aromatic heterocycles. The Morgan fingerprint density at radius 1 is 0.977 bits per heavy atom. The maximum Gasteiger partial charge on any atom is 0.411 e. The molecule has 226 valence electrons. The number of cyclic esters (lactones) is 1. The number of anilines is 1. The summed E-state index contributed by atoms with van der Waals surface area (Å²) in [6.07, 6.45) is 3.52. The Labute approximate surface area is 253 Å². The van der Waals surface area contributed by atoms with E-state index in [9.17, 15) is 14.7 Å². The van der Waals surface area contributed by atoms with Crippen molar-refractivity contribution in [1.82, 2.24) is 9.88 Å². The van der Waals surface area contributed by atoms with Crippen molar-refractivity contribution in [3.8, 4) is 16.9 Å². The molecule has 8 nitrogen and oxygen atoms in total. The highest BCUT2D eigenvalue weighted by Gasteiger charge is 2.40. The lowest BCUT2D eigenvalue weighted by molar-refractivity contribution is -0.142. The highest BCUT2D eigenvalue weighted by Crippen LogP contribution is 2.42. The number of hydrogen-bond acceptors (Lipinski definition) is 6. The molecule has 2 aromatic carbocycles. The van der Waals surface area contributed by atoms with Gasteiger partial charge in [0.15, 0.2) is 0 Å². The summed E-state index contributed by atoms with van der Waals surface area (Å²) < 4.78 is 11.8. The third-order valence-corrected chi connectivity index (χ3v) is 9.49. The number of aliphatic carboxylic acids is 1. The zero-order valence-corrected chi connectivity index (χ0v) is 25.5. The minimum atomic E-state index is -0.693. The summed E-state index contributed by atoms with van der Waals surface area (Å²) in [5.74, 6) is 1.00. The van der Waals surface area contributed by atoms with Gasteiger partial charge in [0.25, 0.3) is 0 Å². The van der Waals surface area contributed by atoms with E-state index in [1.807, 2.05) is 13.0 Å². The number of carbonyl (C=O) groups is 2. The van der Waals surface area contributed by atoms with E-state index in [0.29, 0.717) is 25.3 Å². The molecule has 0 spiro atoms. The van der Waals surface area contributed by atoms with Crippen LogP contribution in [-0.4, -0.2) is 53.3 Å². The molecule has 1 N–H and O–H groups in total. The van der Waals surface area contributed by atoms with Crippen molar-refractivity contribution in [1.29, 1.82) is 0 Å². The summed E-state index contributed by atoms with van der Waals surface area (Å²) in [5.41, 5.74) is 7.15. The van der Waals surface area contributed by atoms with E-state index in [-0.39, 0.29) is 24.2 Å². The molecule has 1 saturated carbocycles. The zero-order chi connectivity index (χ0) is 30.2. The summed E-state index contributed by atoms with van der Waals surface area (Å²) in [4.78, 5) is 34.0. The second kappa shape index (κ2) is 11.9. The van der Waals surface area contributed by atoms with Gasteiger partial charge < -0.3 is 19.5 Å². The van der Waals surface area contributed by atoms with Crippen LogP contribution in [0.2, 0.25) is 0 Å². The Morgan fingerprint density at radius 3 is 2.33 bits per heavy atom. The number of pyridine rings is 1.